The average Bonchev–Trinajstić information content (AvgIpc) is 2.73. The zero-order valence-electron chi connectivity index (χ0n) is 9.84. The summed E-state index contributed by atoms with van der Waals surface area (Å²) in [6.45, 7) is 0.647. The van der Waals surface area contributed by atoms with E-state index in [4.69, 9.17) is 22.2 Å². The van der Waals surface area contributed by atoms with E-state index in [2.05, 4.69) is 10.2 Å². The maximum atomic E-state index is 5.95. The lowest BCUT2D eigenvalue weighted by atomic mass is 10.2. The van der Waals surface area contributed by atoms with Gasteiger partial charge in [-0.25, -0.2) is 4.68 Å². The fourth-order valence-electron chi connectivity index (χ4n) is 1.39. The Balaban J connectivity index is 2.17. The second-order valence-electron chi connectivity index (χ2n) is 3.52. The van der Waals surface area contributed by atoms with Gasteiger partial charge < -0.3 is 10.6 Å². The number of aromatic nitrogens is 3. The summed E-state index contributed by atoms with van der Waals surface area (Å²) in [5, 5.41) is 9.47. The van der Waals surface area contributed by atoms with Crippen molar-refractivity contribution >= 4 is 23.4 Å². The number of hydrogen-bond acceptors (Lipinski definition) is 5. The third-order valence-corrected chi connectivity index (χ3v) is 3.44. The molecule has 0 fully saturated rings. The largest absolute Gasteiger partial charge is 0.384 e. The molecular formula is C11H13ClN4OS. The molecule has 5 nitrogen and oxygen atoms in total. The standard InChI is InChI=1S/C11H13ClN4OS/c1-17-6-7-18-11-15-14-10(16(11)13)8-2-4-9(12)5-3-8/h2-5H,6-7,13H2,1H3. The Kier molecular flexibility index (Phi) is 4.46. The second kappa shape index (κ2) is 6.08. The minimum atomic E-state index is 0.617. The van der Waals surface area contributed by atoms with Crippen LogP contribution in [-0.4, -0.2) is 34.3 Å². The Morgan fingerprint density at radius 2 is 2.06 bits per heavy atom. The number of hydrogen-bond donors (Lipinski definition) is 1. The Labute approximate surface area is 114 Å². The number of nitrogens with two attached hydrogens (primary N) is 1. The molecule has 2 rings (SSSR count). The highest BCUT2D eigenvalue weighted by atomic mass is 35.5. The maximum absolute atomic E-state index is 5.95. The molecule has 2 aromatic rings. The molecule has 1 aromatic heterocycles. The first kappa shape index (κ1) is 13.2. The van der Waals surface area contributed by atoms with E-state index in [1.807, 2.05) is 12.1 Å². The zero-order valence-corrected chi connectivity index (χ0v) is 11.4. The van der Waals surface area contributed by atoms with Gasteiger partial charge in [-0.05, 0) is 24.3 Å². The van der Waals surface area contributed by atoms with Crippen molar-refractivity contribution in [1.82, 2.24) is 14.9 Å². The van der Waals surface area contributed by atoms with Gasteiger partial charge in [0.1, 0.15) is 0 Å². The smallest absolute Gasteiger partial charge is 0.210 e. The Bertz CT molecular complexity index is 514. The fourth-order valence-corrected chi connectivity index (χ4v) is 2.27. The van der Waals surface area contributed by atoms with Crippen molar-refractivity contribution in [3.05, 3.63) is 29.3 Å². The van der Waals surface area contributed by atoms with Crippen molar-refractivity contribution < 1.29 is 4.74 Å². The molecule has 0 aliphatic heterocycles. The maximum Gasteiger partial charge on any atom is 0.210 e. The number of thioether (sulfide) groups is 1. The topological polar surface area (TPSA) is 66.0 Å². The highest BCUT2D eigenvalue weighted by molar-refractivity contribution is 7.99. The molecule has 0 aliphatic carbocycles. The molecule has 0 unspecified atom stereocenters. The first-order valence-electron chi connectivity index (χ1n) is 5.30. The van der Waals surface area contributed by atoms with Crippen LogP contribution in [0.5, 0.6) is 0 Å². The monoisotopic (exact) mass is 284 g/mol. The Morgan fingerprint density at radius 1 is 1.33 bits per heavy atom. The number of halogens is 1. The summed E-state index contributed by atoms with van der Waals surface area (Å²) in [5.41, 5.74) is 0.882. The predicted molar refractivity (Wildman–Crippen MR) is 73.2 cm³/mol. The minimum Gasteiger partial charge on any atom is -0.384 e. The molecule has 0 spiro atoms. The van der Waals surface area contributed by atoms with Crippen LogP contribution in [0.15, 0.2) is 29.4 Å². The molecule has 2 N–H and O–H groups in total. The first-order chi connectivity index (χ1) is 8.72. The van der Waals surface area contributed by atoms with E-state index >= 15 is 0 Å². The molecule has 7 heteroatoms. The van der Waals surface area contributed by atoms with Gasteiger partial charge in [-0.1, -0.05) is 23.4 Å². The van der Waals surface area contributed by atoms with Gasteiger partial charge in [-0.15, -0.1) is 10.2 Å². The third-order valence-electron chi connectivity index (χ3n) is 2.29. The normalized spacial score (nSPS) is 10.8. The molecule has 0 atom stereocenters. The van der Waals surface area contributed by atoms with Crippen LogP contribution in [0, 0.1) is 0 Å². The molecule has 18 heavy (non-hydrogen) atoms. The molecular weight excluding hydrogens is 272 g/mol. The van der Waals surface area contributed by atoms with Crippen LogP contribution in [0.2, 0.25) is 5.02 Å². The van der Waals surface area contributed by atoms with Gasteiger partial charge >= 0.3 is 0 Å². The fraction of sp³-hybridized carbons (Fsp3) is 0.273. The second-order valence-corrected chi connectivity index (χ2v) is 5.02. The summed E-state index contributed by atoms with van der Waals surface area (Å²) in [6, 6.07) is 7.31. The molecule has 0 saturated heterocycles. The molecule has 0 radical (unpaired) electrons. The number of ether oxygens (including phenoxy) is 1. The van der Waals surface area contributed by atoms with Crippen LogP contribution in [0.4, 0.5) is 0 Å². The van der Waals surface area contributed by atoms with Gasteiger partial charge in [0.15, 0.2) is 5.82 Å². The van der Waals surface area contributed by atoms with Crippen molar-refractivity contribution in [3.63, 3.8) is 0 Å². The summed E-state index contributed by atoms with van der Waals surface area (Å²) in [5.74, 6) is 7.35. The Morgan fingerprint density at radius 3 is 2.72 bits per heavy atom. The predicted octanol–water partition coefficient (Wildman–Crippen LogP) is 2.05. The number of methoxy groups -OCH3 is 1. The van der Waals surface area contributed by atoms with Crippen LogP contribution < -0.4 is 5.84 Å². The van der Waals surface area contributed by atoms with Gasteiger partial charge in [0, 0.05) is 23.4 Å². The van der Waals surface area contributed by atoms with Crippen LogP contribution in [0.1, 0.15) is 0 Å². The van der Waals surface area contributed by atoms with Crippen LogP contribution in [-0.2, 0) is 4.74 Å². The highest BCUT2D eigenvalue weighted by Crippen LogP contribution is 2.22. The quantitative estimate of drug-likeness (QED) is 0.517. The first-order valence-corrected chi connectivity index (χ1v) is 6.67. The van der Waals surface area contributed by atoms with Gasteiger partial charge in [0.05, 0.1) is 6.61 Å². The van der Waals surface area contributed by atoms with E-state index in [-0.39, 0.29) is 0 Å². The van der Waals surface area contributed by atoms with Crippen molar-refractivity contribution in [1.29, 1.82) is 0 Å². The molecule has 96 valence electrons. The van der Waals surface area contributed by atoms with Crippen LogP contribution in [0.3, 0.4) is 0 Å². The summed E-state index contributed by atoms with van der Waals surface area (Å²) >= 11 is 7.34. The van der Waals surface area contributed by atoms with Crippen LogP contribution in [0.25, 0.3) is 11.4 Å². The number of nitrogen functional groups attached to an aromatic ring is 1. The summed E-state index contributed by atoms with van der Waals surface area (Å²) < 4.78 is 6.45. The van der Waals surface area contributed by atoms with Gasteiger partial charge in [-0.2, -0.15) is 0 Å². The van der Waals surface area contributed by atoms with Gasteiger partial charge in [0.2, 0.25) is 5.16 Å². The van der Waals surface area contributed by atoms with E-state index in [0.717, 1.165) is 11.3 Å². The summed E-state index contributed by atoms with van der Waals surface area (Å²) in [6.07, 6.45) is 0. The lowest BCUT2D eigenvalue weighted by Gasteiger charge is -2.03. The molecule has 1 heterocycles. The van der Waals surface area contributed by atoms with Crippen molar-refractivity contribution in [2.45, 2.75) is 5.16 Å². The van der Waals surface area contributed by atoms with E-state index in [0.29, 0.717) is 22.6 Å². The molecule has 0 amide bonds. The van der Waals surface area contributed by atoms with Crippen molar-refractivity contribution in [3.8, 4) is 11.4 Å². The van der Waals surface area contributed by atoms with Crippen LogP contribution >= 0.6 is 23.4 Å². The molecule has 1 aromatic carbocycles. The minimum absolute atomic E-state index is 0.617. The highest BCUT2D eigenvalue weighted by Gasteiger charge is 2.11. The number of benzene rings is 1. The van der Waals surface area contributed by atoms with E-state index in [1.54, 1.807) is 19.2 Å². The number of nitrogens with zero attached hydrogens (tertiary/aromatic N) is 3. The lowest BCUT2D eigenvalue weighted by Crippen LogP contribution is -2.12. The summed E-state index contributed by atoms with van der Waals surface area (Å²) in [7, 11) is 1.66. The molecule has 0 aliphatic rings. The summed E-state index contributed by atoms with van der Waals surface area (Å²) in [4.78, 5) is 0. The van der Waals surface area contributed by atoms with Crippen molar-refractivity contribution in [2.24, 2.45) is 0 Å². The van der Waals surface area contributed by atoms with E-state index in [1.165, 1.54) is 16.4 Å². The van der Waals surface area contributed by atoms with Gasteiger partial charge in [-0.3, -0.25) is 0 Å². The molecule has 0 saturated carbocycles. The van der Waals surface area contributed by atoms with E-state index in [9.17, 15) is 0 Å². The van der Waals surface area contributed by atoms with Gasteiger partial charge in [0.25, 0.3) is 0 Å². The SMILES string of the molecule is COCCSc1nnc(-c2ccc(Cl)cc2)n1N. The Hall–Kier alpha value is -1.24. The number of rotatable bonds is 5. The van der Waals surface area contributed by atoms with Crippen molar-refractivity contribution in [2.75, 3.05) is 25.3 Å². The average molecular weight is 285 g/mol. The zero-order chi connectivity index (χ0) is 13.0. The van der Waals surface area contributed by atoms with E-state index < -0.39 is 0 Å². The third kappa shape index (κ3) is 2.95. The lowest BCUT2D eigenvalue weighted by molar-refractivity contribution is 0.218. The molecule has 0 bridgehead atoms.